The number of ketones is 1. The van der Waals surface area contributed by atoms with E-state index >= 15 is 0 Å². The van der Waals surface area contributed by atoms with Crippen LogP contribution in [0.5, 0.6) is 0 Å². The molecule has 48 heavy (non-hydrogen) atoms. The number of methoxy groups -OCH3 is 1. The van der Waals surface area contributed by atoms with E-state index in [0.29, 0.717) is 46.7 Å². The maximum Gasteiger partial charge on any atom is 0.337 e. The molecular weight excluding hydrogens is 633 g/mol. The lowest BCUT2D eigenvalue weighted by atomic mass is 9.63. The van der Waals surface area contributed by atoms with Gasteiger partial charge in [0.2, 0.25) is 8.32 Å². The lowest BCUT2D eigenvalue weighted by molar-refractivity contribution is -0.141. The molecule has 2 aliphatic heterocycles. The Morgan fingerprint density at radius 3 is 2.08 bits per heavy atom. The highest BCUT2D eigenvalue weighted by atomic mass is 28.4. The van der Waals surface area contributed by atoms with Crippen LogP contribution < -0.4 is 0 Å². The van der Waals surface area contributed by atoms with Gasteiger partial charge < -0.3 is 18.3 Å². The normalized spacial score (nSPS) is 38.5. The number of hydrogen-bond donors (Lipinski definition) is 0. The molecule has 1 saturated heterocycles. The third-order valence-corrected chi connectivity index (χ3v) is 25.3. The molecule has 0 aromatic rings. The highest BCUT2D eigenvalue weighted by Crippen LogP contribution is 2.67. The molecule has 11 atom stereocenters. The quantitative estimate of drug-likeness (QED) is 0.143. The standard InChI is InChI=1S/C40H68O6Si2/c1-21(2)48(22(3)4,23(5)6)46-35-26(9)37(45-47(15,16)39(10,11)12)32-28(35)19-24(7)27-20-29-33(31(27)32)34(38(42)43-14)36-25(8)30(41)17-18-40(29,13)44-36/h19,21-23,25-29,31-33,35,37H,17-18,20H2,1-16H3/t25-,26+,27+,28-,29-,31+,32+,33-,35+,37-,40+/m1/s1. The second-order valence-corrected chi connectivity index (χ2v) is 29.3. The predicted octanol–water partition coefficient (Wildman–Crippen LogP) is 9.86. The molecule has 0 spiro atoms. The summed E-state index contributed by atoms with van der Waals surface area (Å²) >= 11 is 0. The number of Topliss-reactive ketones (excluding diaryl/α,β-unsaturated/α-hetero) is 1. The number of esters is 1. The van der Waals surface area contributed by atoms with E-state index < -0.39 is 28.2 Å². The molecule has 3 fully saturated rings. The number of fused-ring (bicyclic) bond motifs is 8. The third-order valence-electron chi connectivity index (χ3n) is 14.7. The van der Waals surface area contributed by atoms with E-state index in [2.05, 4.69) is 102 Å². The molecule has 3 aliphatic carbocycles. The van der Waals surface area contributed by atoms with Crippen molar-refractivity contribution in [2.24, 2.45) is 47.3 Å². The number of carbonyl (C=O) groups excluding carboxylic acids is 2. The fourth-order valence-electron chi connectivity index (χ4n) is 11.3. The highest BCUT2D eigenvalue weighted by molar-refractivity contribution is 6.77. The predicted molar refractivity (Wildman–Crippen MR) is 198 cm³/mol. The van der Waals surface area contributed by atoms with Gasteiger partial charge in [-0.3, -0.25) is 4.79 Å². The summed E-state index contributed by atoms with van der Waals surface area (Å²) < 4.78 is 27.9. The minimum absolute atomic E-state index is 0.00955. The molecule has 0 N–H and O–H groups in total. The van der Waals surface area contributed by atoms with Crippen molar-refractivity contribution in [3.05, 3.63) is 23.0 Å². The molecule has 0 aromatic carbocycles. The van der Waals surface area contributed by atoms with Gasteiger partial charge >= 0.3 is 5.97 Å². The van der Waals surface area contributed by atoms with Crippen LogP contribution in [0.1, 0.15) is 109 Å². The molecule has 0 amide bonds. The maximum atomic E-state index is 14.0. The first-order valence-corrected chi connectivity index (χ1v) is 24.2. The van der Waals surface area contributed by atoms with Crippen LogP contribution in [-0.4, -0.2) is 53.3 Å². The first kappa shape index (κ1) is 38.0. The van der Waals surface area contributed by atoms with E-state index in [9.17, 15) is 9.59 Å². The molecule has 8 heteroatoms. The van der Waals surface area contributed by atoms with E-state index in [1.807, 2.05) is 6.92 Å². The van der Waals surface area contributed by atoms with Crippen LogP contribution in [0.3, 0.4) is 0 Å². The van der Waals surface area contributed by atoms with Crippen molar-refractivity contribution < 1.29 is 27.9 Å². The minimum Gasteiger partial charge on any atom is -0.490 e. The van der Waals surface area contributed by atoms with Crippen LogP contribution in [-0.2, 0) is 27.9 Å². The summed E-state index contributed by atoms with van der Waals surface area (Å²) in [7, 11) is -2.95. The molecule has 6 nitrogen and oxygen atoms in total. The Morgan fingerprint density at radius 1 is 0.979 bits per heavy atom. The van der Waals surface area contributed by atoms with Gasteiger partial charge in [0.25, 0.3) is 0 Å². The SMILES string of the molecule is COC(=O)C1=C2O[C@@](C)(CCC(=O)[C@H]2C)[C@@H]2C[C@H]3C(C)=C[C@H]4[C@@H](O[Si](C(C)C)(C(C)C)C(C)C)[C@H](C)[C@@H](O[Si](C)(C)C(C)(C)C)[C@@H]4[C@H]3[C@H]12. The van der Waals surface area contributed by atoms with Crippen LogP contribution >= 0.6 is 0 Å². The highest BCUT2D eigenvalue weighted by Gasteiger charge is 2.67. The van der Waals surface area contributed by atoms with Crippen molar-refractivity contribution in [1.82, 2.24) is 0 Å². The van der Waals surface area contributed by atoms with E-state index in [-0.39, 0.29) is 64.5 Å². The Bertz CT molecular complexity index is 1320. The topological polar surface area (TPSA) is 71.1 Å². The fraction of sp³-hybridized carbons (Fsp3) is 0.850. The monoisotopic (exact) mass is 700 g/mol. The lowest BCUT2D eigenvalue weighted by Crippen LogP contribution is -2.52. The van der Waals surface area contributed by atoms with Crippen LogP contribution in [0.15, 0.2) is 23.0 Å². The third kappa shape index (κ3) is 5.69. The molecule has 0 unspecified atom stereocenters. The van der Waals surface area contributed by atoms with Crippen molar-refractivity contribution in [2.75, 3.05) is 7.11 Å². The molecule has 5 rings (SSSR count). The zero-order chi connectivity index (χ0) is 36.0. The van der Waals surface area contributed by atoms with Crippen molar-refractivity contribution in [3.8, 4) is 0 Å². The second-order valence-electron chi connectivity index (χ2n) is 19.1. The first-order valence-electron chi connectivity index (χ1n) is 19.1. The van der Waals surface area contributed by atoms with Gasteiger partial charge in [-0.2, -0.15) is 0 Å². The van der Waals surface area contributed by atoms with Gasteiger partial charge in [-0.1, -0.05) is 80.9 Å². The second kappa shape index (κ2) is 12.8. The number of allylic oxidation sites excluding steroid dienone is 2. The van der Waals surface area contributed by atoms with Gasteiger partial charge in [0.1, 0.15) is 17.1 Å². The number of carbonyl (C=O) groups is 2. The average Bonchev–Trinajstić information content (AvgIpc) is 3.46. The molecule has 5 aliphatic rings. The molecular formula is C40H68O6Si2. The van der Waals surface area contributed by atoms with Crippen LogP contribution in [0.25, 0.3) is 0 Å². The van der Waals surface area contributed by atoms with Crippen molar-refractivity contribution in [3.63, 3.8) is 0 Å². The smallest absolute Gasteiger partial charge is 0.337 e. The Hall–Kier alpha value is -1.23. The Morgan fingerprint density at radius 2 is 1.56 bits per heavy atom. The van der Waals surface area contributed by atoms with Gasteiger partial charge in [0, 0.05) is 30.1 Å². The maximum absolute atomic E-state index is 14.0. The molecule has 2 heterocycles. The minimum atomic E-state index is -2.23. The van der Waals surface area contributed by atoms with E-state index in [4.69, 9.17) is 18.3 Å². The molecule has 2 saturated carbocycles. The van der Waals surface area contributed by atoms with Gasteiger partial charge in [0.05, 0.1) is 30.8 Å². The lowest BCUT2D eigenvalue weighted by Gasteiger charge is -2.49. The average molecular weight is 701 g/mol. The van der Waals surface area contributed by atoms with Crippen molar-refractivity contribution in [2.45, 2.75) is 162 Å². The summed E-state index contributed by atoms with van der Waals surface area (Å²) in [6.45, 7) is 34.9. The Kier molecular flexibility index (Phi) is 10.1. The summed E-state index contributed by atoms with van der Waals surface area (Å²) in [6, 6.07) is 0. The van der Waals surface area contributed by atoms with Gasteiger partial charge in [0.15, 0.2) is 8.32 Å². The number of hydrogen-bond acceptors (Lipinski definition) is 6. The summed E-state index contributed by atoms with van der Waals surface area (Å²) in [5.74, 6) is 1.08. The molecule has 0 aromatic heterocycles. The van der Waals surface area contributed by atoms with Gasteiger partial charge in [-0.15, -0.1) is 0 Å². The number of ether oxygens (including phenoxy) is 2. The zero-order valence-electron chi connectivity index (χ0n) is 33.2. The van der Waals surface area contributed by atoms with Crippen LogP contribution in [0, 0.1) is 47.3 Å². The van der Waals surface area contributed by atoms with Crippen LogP contribution in [0.4, 0.5) is 0 Å². The summed E-state index contributed by atoms with van der Waals surface area (Å²) in [6.07, 6.45) is 4.75. The van der Waals surface area contributed by atoms with Gasteiger partial charge in [-0.25, -0.2) is 4.79 Å². The van der Waals surface area contributed by atoms with E-state index in [0.717, 1.165) is 6.42 Å². The van der Waals surface area contributed by atoms with E-state index in [1.165, 1.54) is 12.7 Å². The number of rotatable bonds is 8. The Labute approximate surface area is 294 Å². The molecule has 272 valence electrons. The van der Waals surface area contributed by atoms with Crippen molar-refractivity contribution >= 4 is 28.4 Å². The van der Waals surface area contributed by atoms with Gasteiger partial charge in [-0.05, 0) is 86.1 Å². The van der Waals surface area contributed by atoms with E-state index in [1.54, 1.807) is 0 Å². The summed E-state index contributed by atoms with van der Waals surface area (Å²) in [5, 5.41) is 0.0571. The zero-order valence-corrected chi connectivity index (χ0v) is 35.2. The largest absolute Gasteiger partial charge is 0.490 e. The molecule has 2 bridgehead atoms. The fourth-order valence-corrected chi connectivity index (χ4v) is 18.3. The van der Waals surface area contributed by atoms with Crippen molar-refractivity contribution in [1.29, 1.82) is 0 Å². The first-order chi connectivity index (χ1) is 22.1. The summed E-state index contributed by atoms with van der Waals surface area (Å²) in [4.78, 5) is 27.4. The Balaban J connectivity index is 1.73. The molecule has 0 radical (unpaired) electrons. The van der Waals surface area contributed by atoms with Crippen LogP contribution in [0.2, 0.25) is 34.8 Å². The summed E-state index contributed by atoms with van der Waals surface area (Å²) in [5.41, 5.74) is 2.99.